The standard InChI is InChI=1S/2C7H12NO3P.Mg/c2*1-3-5-8(6-4-2)7-11-12(9)10;/h2*3-4H,1-2,5-7H2;/q;;+2. The van der Waals surface area contributed by atoms with Crippen molar-refractivity contribution in [2.75, 3.05) is 39.6 Å². The van der Waals surface area contributed by atoms with Gasteiger partial charge in [0.05, 0.1) is 0 Å². The van der Waals surface area contributed by atoms with E-state index in [9.17, 15) is 18.9 Å². The molecule has 0 amide bonds. The molecule has 136 valence electrons. The third-order valence-corrected chi connectivity index (χ3v) is 2.89. The number of hydrogen-bond acceptors (Lipinski definition) is 8. The Bertz CT molecular complexity index is 368. The van der Waals surface area contributed by atoms with Gasteiger partial charge >= 0.3 is 39.6 Å². The Morgan fingerprint density at radius 1 is 0.720 bits per heavy atom. The molecule has 0 aliphatic carbocycles. The average molecular weight is 403 g/mol. The van der Waals surface area contributed by atoms with Crippen LogP contribution in [0.5, 0.6) is 0 Å². The van der Waals surface area contributed by atoms with Crippen molar-refractivity contribution in [3.8, 4) is 0 Å². The van der Waals surface area contributed by atoms with Crippen LogP contribution in [0.1, 0.15) is 0 Å². The minimum atomic E-state index is -2.76. The van der Waals surface area contributed by atoms with E-state index in [1.54, 1.807) is 34.1 Å². The Morgan fingerprint density at radius 3 is 1.12 bits per heavy atom. The summed E-state index contributed by atoms with van der Waals surface area (Å²) in [6.07, 6.45) is 6.69. The summed E-state index contributed by atoms with van der Waals surface area (Å²) in [5, 5.41) is 0. The van der Waals surface area contributed by atoms with Crippen molar-refractivity contribution in [3.05, 3.63) is 50.6 Å². The van der Waals surface area contributed by atoms with Crippen molar-refractivity contribution in [1.29, 1.82) is 0 Å². The zero-order valence-corrected chi connectivity index (χ0v) is 17.5. The molecule has 11 heteroatoms. The molecule has 0 aromatic carbocycles. The molecule has 8 nitrogen and oxygen atoms in total. The van der Waals surface area contributed by atoms with Gasteiger partial charge in [0.25, 0.3) is 0 Å². The summed E-state index contributed by atoms with van der Waals surface area (Å²) in [5.74, 6) is 0. The first-order valence-corrected chi connectivity index (χ1v) is 9.03. The Morgan fingerprint density at radius 2 is 0.960 bits per heavy atom. The molecule has 0 N–H and O–H groups in total. The van der Waals surface area contributed by atoms with E-state index in [2.05, 4.69) is 35.4 Å². The van der Waals surface area contributed by atoms with Gasteiger partial charge in [-0.15, -0.1) is 35.4 Å². The molecule has 25 heavy (non-hydrogen) atoms. The maximum atomic E-state index is 10.0. The third-order valence-electron chi connectivity index (χ3n) is 2.24. The summed E-state index contributed by atoms with van der Waals surface area (Å²) in [4.78, 5) is 23.6. The van der Waals surface area contributed by atoms with Crippen molar-refractivity contribution in [2.45, 2.75) is 0 Å². The van der Waals surface area contributed by atoms with E-state index in [1.807, 2.05) is 0 Å². The van der Waals surface area contributed by atoms with Gasteiger partial charge < -0.3 is 9.79 Å². The Labute approximate surface area is 167 Å². The van der Waals surface area contributed by atoms with Crippen LogP contribution in [0.3, 0.4) is 0 Å². The molecular formula is C14H24MgN2O6P2+2. The molecule has 0 heterocycles. The van der Waals surface area contributed by atoms with Crippen LogP contribution in [0.15, 0.2) is 50.6 Å². The van der Waals surface area contributed by atoms with Crippen LogP contribution in [0, 0.1) is 0 Å². The zero-order chi connectivity index (χ0) is 18.8. The Hall–Kier alpha value is -0.314. The van der Waals surface area contributed by atoms with E-state index in [1.165, 1.54) is 0 Å². The van der Waals surface area contributed by atoms with Crippen molar-refractivity contribution in [1.82, 2.24) is 9.80 Å². The summed E-state index contributed by atoms with van der Waals surface area (Å²) < 4.78 is 28.9. The largest absolute Gasteiger partial charge is 2.00 e. The maximum Gasteiger partial charge on any atom is 2.00 e. The molecule has 0 saturated carbocycles. The van der Waals surface area contributed by atoms with Crippen LogP contribution in [-0.2, 0) is 18.2 Å². The first kappa shape index (κ1) is 29.4. The molecule has 0 fully saturated rings. The van der Waals surface area contributed by atoms with E-state index < -0.39 is 16.5 Å². The molecule has 2 atom stereocenters. The predicted octanol–water partition coefficient (Wildman–Crippen LogP) is 0.924. The second kappa shape index (κ2) is 21.7. The monoisotopic (exact) mass is 402 g/mol. The van der Waals surface area contributed by atoms with Gasteiger partial charge in [0.2, 0.25) is 0 Å². The van der Waals surface area contributed by atoms with Crippen molar-refractivity contribution in [3.63, 3.8) is 0 Å². The van der Waals surface area contributed by atoms with Crippen molar-refractivity contribution < 1.29 is 28.0 Å². The zero-order valence-electron chi connectivity index (χ0n) is 14.3. The van der Waals surface area contributed by atoms with E-state index in [4.69, 9.17) is 0 Å². The normalized spacial score (nSPS) is 10.9. The summed E-state index contributed by atoms with van der Waals surface area (Å²) in [6, 6.07) is 0. The second-order valence-electron chi connectivity index (χ2n) is 4.19. The van der Waals surface area contributed by atoms with E-state index in [0.717, 1.165) is 0 Å². The van der Waals surface area contributed by atoms with Gasteiger partial charge in [-0.1, -0.05) is 24.3 Å². The quantitative estimate of drug-likeness (QED) is 0.183. The summed E-state index contributed by atoms with van der Waals surface area (Å²) in [7, 11) is -5.53. The SMILES string of the molecule is C=CCN(CC=C)CO[P+](=O)[O-].C=CCN(CC=C)CO[P+](=O)[O-].[Mg+2]. The van der Waals surface area contributed by atoms with Gasteiger partial charge in [-0.25, -0.2) is 0 Å². The number of rotatable bonds is 14. The summed E-state index contributed by atoms with van der Waals surface area (Å²) in [6.45, 7) is 16.5. The van der Waals surface area contributed by atoms with Crippen LogP contribution in [0.4, 0.5) is 0 Å². The van der Waals surface area contributed by atoms with Crippen LogP contribution in [0.25, 0.3) is 0 Å². The summed E-state index contributed by atoms with van der Waals surface area (Å²) >= 11 is 0. The molecule has 0 aliphatic rings. The van der Waals surface area contributed by atoms with Gasteiger partial charge in [-0.2, -0.15) is 0 Å². The molecule has 0 spiro atoms. The molecule has 0 radical (unpaired) electrons. The Balaban J connectivity index is -0.000000372. The minimum Gasteiger partial charge on any atom is -0.566 e. The van der Waals surface area contributed by atoms with Crippen LogP contribution < -0.4 is 9.79 Å². The molecule has 0 aromatic rings. The van der Waals surface area contributed by atoms with Crippen molar-refractivity contribution >= 4 is 39.6 Å². The molecule has 0 bridgehead atoms. The number of nitrogens with zero attached hydrogens (tertiary/aromatic N) is 2. The van der Waals surface area contributed by atoms with E-state index >= 15 is 0 Å². The van der Waals surface area contributed by atoms with Crippen LogP contribution in [-0.4, -0.2) is 72.5 Å². The van der Waals surface area contributed by atoms with Crippen LogP contribution in [0.2, 0.25) is 0 Å². The van der Waals surface area contributed by atoms with Gasteiger partial charge in [-0.05, 0) is 9.13 Å². The van der Waals surface area contributed by atoms with Gasteiger partial charge in [-0.3, -0.25) is 9.80 Å². The third kappa shape index (κ3) is 23.7. The molecule has 0 aliphatic heterocycles. The number of hydrogen-bond donors (Lipinski definition) is 0. The first-order chi connectivity index (χ1) is 11.4. The Kier molecular flexibility index (Phi) is 25.6. The topological polar surface area (TPSA) is 105 Å². The average Bonchev–Trinajstić information content (AvgIpc) is 2.52. The van der Waals surface area contributed by atoms with Crippen molar-refractivity contribution in [2.24, 2.45) is 0 Å². The fourth-order valence-electron chi connectivity index (χ4n) is 1.35. The van der Waals surface area contributed by atoms with E-state index in [0.29, 0.717) is 26.2 Å². The van der Waals surface area contributed by atoms with Gasteiger partial charge in [0.1, 0.15) is 0 Å². The van der Waals surface area contributed by atoms with E-state index in [-0.39, 0.29) is 36.5 Å². The molecule has 0 rings (SSSR count). The first-order valence-electron chi connectivity index (χ1n) is 6.84. The van der Waals surface area contributed by atoms with Crippen LogP contribution >= 0.6 is 16.5 Å². The summed E-state index contributed by atoms with van der Waals surface area (Å²) in [5.41, 5.74) is 0. The predicted molar refractivity (Wildman–Crippen MR) is 96.8 cm³/mol. The molecule has 2 unspecified atom stereocenters. The van der Waals surface area contributed by atoms with Gasteiger partial charge in [0, 0.05) is 26.2 Å². The molecule has 0 saturated heterocycles. The fraction of sp³-hybridized carbons (Fsp3) is 0.429. The second-order valence-corrected chi connectivity index (χ2v) is 5.60. The minimum absolute atomic E-state index is 0. The smallest absolute Gasteiger partial charge is 0.566 e. The molecule has 0 aromatic heterocycles. The maximum absolute atomic E-state index is 10.0. The van der Waals surface area contributed by atoms with Gasteiger partial charge in [0.15, 0.2) is 13.5 Å². The molecular weight excluding hydrogens is 378 g/mol. The fourth-order valence-corrected chi connectivity index (χ4v) is 1.86.